The summed E-state index contributed by atoms with van der Waals surface area (Å²) in [4.78, 5) is 26.0. The standard InChI is InChI=1S/C21H20N4O/c1-14-9-11-22-18(23-14)7-5-15-4-6-16-17(12-15)24-19-8-10-21(2,3)13-25(19)20(16)26/h4,6,9,11-12H,8,10,13H2,1-3H3. The molecule has 1 aliphatic heterocycles. The van der Waals surface area contributed by atoms with E-state index in [0.717, 1.165) is 36.5 Å². The summed E-state index contributed by atoms with van der Waals surface area (Å²) < 4.78 is 1.83. The second-order valence-corrected chi connectivity index (χ2v) is 7.59. The molecule has 0 spiro atoms. The summed E-state index contributed by atoms with van der Waals surface area (Å²) >= 11 is 0. The van der Waals surface area contributed by atoms with E-state index < -0.39 is 0 Å². The Hall–Kier alpha value is -3.00. The van der Waals surface area contributed by atoms with Crippen molar-refractivity contribution in [2.45, 2.75) is 40.2 Å². The number of aromatic nitrogens is 4. The maximum Gasteiger partial charge on any atom is 0.261 e. The van der Waals surface area contributed by atoms with Crippen molar-refractivity contribution in [2.75, 3.05) is 0 Å². The van der Waals surface area contributed by atoms with Crippen LogP contribution in [-0.2, 0) is 13.0 Å². The predicted molar refractivity (Wildman–Crippen MR) is 101 cm³/mol. The van der Waals surface area contributed by atoms with E-state index in [9.17, 15) is 4.79 Å². The van der Waals surface area contributed by atoms with E-state index in [2.05, 4.69) is 35.7 Å². The normalized spacial score (nSPS) is 15.2. The van der Waals surface area contributed by atoms with Crippen LogP contribution in [0.25, 0.3) is 10.9 Å². The van der Waals surface area contributed by atoms with E-state index in [1.165, 1.54) is 0 Å². The summed E-state index contributed by atoms with van der Waals surface area (Å²) in [6.45, 7) is 7.01. The van der Waals surface area contributed by atoms with Gasteiger partial charge in [0.15, 0.2) is 0 Å². The van der Waals surface area contributed by atoms with Gasteiger partial charge in [-0.3, -0.25) is 9.36 Å². The lowest BCUT2D eigenvalue weighted by Gasteiger charge is -2.31. The fourth-order valence-electron chi connectivity index (χ4n) is 3.29. The molecule has 0 saturated heterocycles. The second-order valence-electron chi connectivity index (χ2n) is 7.59. The van der Waals surface area contributed by atoms with Crippen molar-refractivity contribution in [2.24, 2.45) is 5.41 Å². The summed E-state index contributed by atoms with van der Waals surface area (Å²) in [7, 11) is 0. The van der Waals surface area contributed by atoms with Crippen LogP contribution in [0.15, 0.2) is 35.3 Å². The number of aryl methyl sites for hydroxylation is 2. The first-order chi connectivity index (χ1) is 12.4. The molecule has 26 heavy (non-hydrogen) atoms. The van der Waals surface area contributed by atoms with Gasteiger partial charge in [0.05, 0.1) is 10.9 Å². The van der Waals surface area contributed by atoms with Gasteiger partial charge < -0.3 is 0 Å². The quantitative estimate of drug-likeness (QED) is 0.588. The van der Waals surface area contributed by atoms with Crippen LogP contribution in [0.3, 0.4) is 0 Å². The number of benzene rings is 1. The van der Waals surface area contributed by atoms with Crippen LogP contribution in [0.1, 0.15) is 43.2 Å². The summed E-state index contributed by atoms with van der Waals surface area (Å²) in [6, 6.07) is 7.39. The van der Waals surface area contributed by atoms with Crippen LogP contribution >= 0.6 is 0 Å². The Kier molecular flexibility index (Phi) is 3.84. The minimum atomic E-state index is 0.0410. The third-order valence-electron chi connectivity index (χ3n) is 4.76. The summed E-state index contributed by atoms with van der Waals surface area (Å²) in [5, 5.41) is 0.642. The Bertz CT molecular complexity index is 1130. The van der Waals surface area contributed by atoms with Gasteiger partial charge in [-0.05, 0) is 48.9 Å². The zero-order valence-corrected chi connectivity index (χ0v) is 15.2. The van der Waals surface area contributed by atoms with Gasteiger partial charge in [-0.2, -0.15) is 0 Å². The zero-order valence-electron chi connectivity index (χ0n) is 15.2. The highest BCUT2D eigenvalue weighted by atomic mass is 16.1. The molecule has 5 heteroatoms. The molecule has 0 bridgehead atoms. The number of nitrogens with zero attached hydrogens (tertiary/aromatic N) is 4. The molecule has 0 aliphatic carbocycles. The van der Waals surface area contributed by atoms with Gasteiger partial charge in [0.2, 0.25) is 5.82 Å². The monoisotopic (exact) mass is 344 g/mol. The molecule has 0 radical (unpaired) electrons. The first-order valence-electron chi connectivity index (χ1n) is 8.76. The van der Waals surface area contributed by atoms with Crippen molar-refractivity contribution >= 4 is 10.9 Å². The van der Waals surface area contributed by atoms with Gasteiger partial charge in [0.1, 0.15) is 5.82 Å². The van der Waals surface area contributed by atoms with E-state index in [1.54, 1.807) is 6.20 Å². The highest BCUT2D eigenvalue weighted by Gasteiger charge is 2.27. The lowest BCUT2D eigenvalue weighted by Crippen LogP contribution is -2.36. The number of rotatable bonds is 0. The molecular formula is C21H20N4O. The average molecular weight is 344 g/mol. The van der Waals surface area contributed by atoms with Gasteiger partial charge in [-0.25, -0.2) is 15.0 Å². The third kappa shape index (κ3) is 3.11. The minimum absolute atomic E-state index is 0.0410. The van der Waals surface area contributed by atoms with Crippen LogP contribution in [0.2, 0.25) is 0 Å². The molecule has 2 aromatic heterocycles. The van der Waals surface area contributed by atoms with Gasteiger partial charge in [0.25, 0.3) is 5.56 Å². The Labute approximate surface area is 152 Å². The van der Waals surface area contributed by atoms with Gasteiger partial charge in [0, 0.05) is 30.4 Å². The molecule has 1 aromatic carbocycles. The highest BCUT2D eigenvalue weighted by Crippen LogP contribution is 2.29. The summed E-state index contributed by atoms with van der Waals surface area (Å²) in [5.41, 5.74) is 2.56. The molecule has 130 valence electrons. The molecule has 4 rings (SSSR count). The smallest absolute Gasteiger partial charge is 0.261 e. The van der Waals surface area contributed by atoms with Crippen LogP contribution in [0, 0.1) is 24.2 Å². The third-order valence-corrected chi connectivity index (χ3v) is 4.76. The maximum atomic E-state index is 12.9. The van der Waals surface area contributed by atoms with Crippen molar-refractivity contribution in [1.82, 2.24) is 19.5 Å². The van der Waals surface area contributed by atoms with Gasteiger partial charge >= 0.3 is 0 Å². The minimum Gasteiger partial charge on any atom is -0.296 e. The van der Waals surface area contributed by atoms with Crippen LogP contribution in [0.5, 0.6) is 0 Å². The fraction of sp³-hybridized carbons (Fsp3) is 0.333. The van der Waals surface area contributed by atoms with Crippen molar-refractivity contribution in [3.8, 4) is 11.8 Å². The topological polar surface area (TPSA) is 60.7 Å². The van der Waals surface area contributed by atoms with Crippen LogP contribution < -0.4 is 5.56 Å². The zero-order chi connectivity index (χ0) is 18.3. The Balaban J connectivity index is 1.76. The van der Waals surface area contributed by atoms with Crippen molar-refractivity contribution < 1.29 is 0 Å². The predicted octanol–water partition coefficient (Wildman–Crippen LogP) is 2.87. The lowest BCUT2D eigenvalue weighted by molar-refractivity contribution is 0.240. The molecule has 5 nitrogen and oxygen atoms in total. The van der Waals surface area contributed by atoms with E-state index >= 15 is 0 Å². The Morgan fingerprint density at radius 1 is 1.15 bits per heavy atom. The first-order valence-corrected chi connectivity index (χ1v) is 8.76. The van der Waals surface area contributed by atoms with Crippen LogP contribution in [0.4, 0.5) is 0 Å². The van der Waals surface area contributed by atoms with E-state index in [-0.39, 0.29) is 11.0 Å². The Morgan fingerprint density at radius 2 is 2.00 bits per heavy atom. The molecule has 0 amide bonds. The largest absolute Gasteiger partial charge is 0.296 e. The molecular weight excluding hydrogens is 324 g/mol. The number of hydrogen-bond donors (Lipinski definition) is 0. The summed E-state index contributed by atoms with van der Waals surface area (Å²) in [5.74, 6) is 7.40. The molecule has 3 heterocycles. The molecule has 1 aliphatic rings. The number of hydrogen-bond acceptors (Lipinski definition) is 4. The molecule has 0 fully saturated rings. The van der Waals surface area contributed by atoms with Crippen LogP contribution in [-0.4, -0.2) is 19.5 Å². The summed E-state index contributed by atoms with van der Waals surface area (Å²) in [6.07, 6.45) is 3.56. The van der Waals surface area contributed by atoms with Gasteiger partial charge in [-0.15, -0.1) is 0 Å². The van der Waals surface area contributed by atoms with E-state index in [0.29, 0.717) is 16.7 Å². The SMILES string of the molecule is Cc1ccnc(C#Cc2ccc3c(=O)n4c(nc3c2)CCC(C)(C)C4)n1. The Morgan fingerprint density at radius 3 is 2.81 bits per heavy atom. The van der Waals surface area contributed by atoms with Crippen molar-refractivity contribution in [3.05, 3.63) is 63.7 Å². The molecule has 0 N–H and O–H groups in total. The maximum absolute atomic E-state index is 12.9. The number of fused-ring (bicyclic) bond motifs is 2. The molecule has 0 saturated carbocycles. The fourth-order valence-corrected chi connectivity index (χ4v) is 3.29. The average Bonchev–Trinajstić information content (AvgIpc) is 2.60. The molecule has 0 atom stereocenters. The van der Waals surface area contributed by atoms with Gasteiger partial charge in [-0.1, -0.05) is 19.8 Å². The van der Waals surface area contributed by atoms with Crippen molar-refractivity contribution in [3.63, 3.8) is 0 Å². The van der Waals surface area contributed by atoms with E-state index in [4.69, 9.17) is 4.98 Å². The second kappa shape index (κ2) is 6.06. The highest BCUT2D eigenvalue weighted by molar-refractivity contribution is 5.79. The lowest BCUT2D eigenvalue weighted by atomic mass is 9.85. The first kappa shape index (κ1) is 16.5. The molecule has 0 unspecified atom stereocenters. The van der Waals surface area contributed by atoms with Crippen molar-refractivity contribution in [1.29, 1.82) is 0 Å². The molecule has 3 aromatic rings. The van der Waals surface area contributed by atoms with E-state index in [1.807, 2.05) is 35.8 Å².